The number of nitrogens with zero attached hydrogens (tertiary/aromatic N) is 2. The van der Waals surface area contributed by atoms with Crippen LogP contribution in [0.2, 0.25) is 0 Å². The predicted octanol–water partition coefficient (Wildman–Crippen LogP) is 2.97. The van der Waals surface area contributed by atoms with Crippen LogP contribution in [0.5, 0.6) is 11.5 Å². The van der Waals surface area contributed by atoms with E-state index in [4.69, 9.17) is 9.47 Å². The second-order valence-electron chi connectivity index (χ2n) is 4.71. The molecule has 0 saturated carbocycles. The molecule has 0 bridgehead atoms. The van der Waals surface area contributed by atoms with Crippen LogP contribution in [0.25, 0.3) is 4.96 Å². The molecule has 22 heavy (non-hydrogen) atoms. The molecule has 0 atom stereocenters. The number of imidazole rings is 1. The van der Waals surface area contributed by atoms with Crippen molar-refractivity contribution in [3.8, 4) is 11.5 Å². The minimum atomic E-state index is -0.273. The van der Waals surface area contributed by atoms with E-state index in [9.17, 15) is 4.79 Å². The van der Waals surface area contributed by atoms with Gasteiger partial charge in [0.05, 0.1) is 14.2 Å². The molecule has 1 aromatic carbocycles. The van der Waals surface area contributed by atoms with E-state index in [0.717, 1.165) is 10.7 Å². The van der Waals surface area contributed by atoms with Crippen LogP contribution in [0.1, 0.15) is 16.2 Å². The fourth-order valence-electron chi connectivity index (χ4n) is 2.08. The number of anilines is 1. The smallest absolute Gasteiger partial charge is 0.275 e. The van der Waals surface area contributed by atoms with Crippen molar-refractivity contribution < 1.29 is 14.3 Å². The van der Waals surface area contributed by atoms with Gasteiger partial charge in [-0.2, -0.15) is 0 Å². The van der Waals surface area contributed by atoms with E-state index in [2.05, 4.69) is 10.3 Å². The van der Waals surface area contributed by atoms with E-state index in [1.165, 1.54) is 11.3 Å². The van der Waals surface area contributed by atoms with Crippen LogP contribution >= 0.6 is 11.3 Å². The zero-order chi connectivity index (χ0) is 15.7. The molecule has 2 aromatic heterocycles. The molecule has 0 radical (unpaired) electrons. The van der Waals surface area contributed by atoms with Gasteiger partial charge in [-0.05, 0) is 6.92 Å². The summed E-state index contributed by atoms with van der Waals surface area (Å²) in [6.07, 6.45) is 1.73. The molecular weight excluding hydrogens is 302 g/mol. The third-order valence-electron chi connectivity index (χ3n) is 3.23. The Morgan fingerprint density at radius 1 is 1.23 bits per heavy atom. The summed E-state index contributed by atoms with van der Waals surface area (Å²) in [5, 5.41) is 4.80. The lowest BCUT2D eigenvalue weighted by molar-refractivity contribution is 0.102. The Bertz CT molecular complexity index is 816. The molecule has 0 aliphatic rings. The first-order valence-corrected chi connectivity index (χ1v) is 7.46. The van der Waals surface area contributed by atoms with Gasteiger partial charge in [0.25, 0.3) is 5.91 Å². The lowest BCUT2D eigenvalue weighted by Crippen LogP contribution is -2.12. The number of carbonyl (C=O) groups excluding carboxylic acids is 1. The minimum Gasteiger partial charge on any atom is -0.497 e. The van der Waals surface area contributed by atoms with Crippen molar-refractivity contribution in [1.82, 2.24) is 9.38 Å². The first-order valence-electron chi connectivity index (χ1n) is 6.58. The Labute approximate surface area is 131 Å². The standard InChI is InChI=1S/C15H15N3O3S/c1-9-8-22-15-17-13(7-18(9)15)14(19)16-10-4-11(20-2)6-12(5-10)21-3/h4-8H,1-3H3,(H,16,19). The maximum atomic E-state index is 12.3. The van der Waals surface area contributed by atoms with Gasteiger partial charge in [0, 0.05) is 41.2 Å². The van der Waals surface area contributed by atoms with Crippen molar-refractivity contribution >= 4 is 27.9 Å². The largest absolute Gasteiger partial charge is 0.497 e. The highest BCUT2D eigenvalue weighted by Crippen LogP contribution is 2.26. The highest BCUT2D eigenvalue weighted by atomic mass is 32.1. The normalized spacial score (nSPS) is 10.7. The van der Waals surface area contributed by atoms with Gasteiger partial charge in [0.15, 0.2) is 4.96 Å². The van der Waals surface area contributed by atoms with E-state index in [0.29, 0.717) is 22.9 Å². The molecule has 0 aliphatic heterocycles. The van der Waals surface area contributed by atoms with E-state index >= 15 is 0 Å². The molecule has 7 heteroatoms. The van der Waals surface area contributed by atoms with E-state index < -0.39 is 0 Å². The molecule has 114 valence electrons. The Hall–Kier alpha value is -2.54. The summed E-state index contributed by atoms with van der Waals surface area (Å²) in [6.45, 7) is 1.97. The lowest BCUT2D eigenvalue weighted by atomic mass is 10.2. The summed E-state index contributed by atoms with van der Waals surface area (Å²) in [6, 6.07) is 5.19. The highest BCUT2D eigenvalue weighted by Gasteiger charge is 2.14. The van der Waals surface area contributed by atoms with Gasteiger partial charge in [-0.1, -0.05) is 0 Å². The summed E-state index contributed by atoms with van der Waals surface area (Å²) in [5.41, 5.74) is 2.01. The number of amides is 1. The molecule has 3 rings (SSSR count). The fraction of sp³-hybridized carbons (Fsp3) is 0.200. The number of hydrogen-bond acceptors (Lipinski definition) is 5. The van der Waals surface area contributed by atoms with Crippen molar-refractivity contribution in [2.24, 2.45) is 0 Å². The van der Waals surface area contributed by atoms with Crippen molar-refractivity contribution in [2.45, 2.75) is 6.92 Å². The van der Waals surface area contributed by atoms with Gasteiger partial charge >= 0.3 is 0 Å². The Kier molecular flexibility index (Phi) is 3.72. The zero-order valence-corrected chi connectivity index (χ0v) is 13.2. The molecule has 1 amide bonds. The average Bonchev–Trinajstić information content (AvgIpc) is 3.09. The summed E-state index contributed by atoms with van der Waals surface area (Å²) in [7, 11) is 3.12. The first kappa shape index (κ1) is 14.4. The number of aryl methyl sites for hydroxylation is 1. The number of aromatic nitrogens is 2. The fourth-order valence-corrected chi connectivity index (χ4v) is 2.93. The summed E-state index contributed by atoms with van der Waals surface area (Å²) in [4.78, 5) is 17.4. The summed E-state index contributed by atoms with van der Waals surface area (Å²) >= 11 is 1.50. The second-order valence-corrected chi connectivity index (χ2v) is 5.55. The van der Waals surface area contributed by atoms with E-state index in [1.54, 1.807) is 38.6 Å². The Balaban J connectivity index is 1.87. The van der Waals surface area contributed by atoms with Crippen LogP contribution in [0.4, 0.5) is 5.69 Å². The van der Waals surface area contributed by atoms with Gasteiger partial charge in [-0.3, -0.25) is 9.20 Å². The van der Waals surface area contributed by atoms with Gasteiger partial charge in [0.2, 0.25) is 0 Å². The number of methoxy groups -OCH3 is 2. The topological polar surface area (TPSA) is 64.9 Å². The lowest BCUT2D eigenvalue weighted by Gasteiger charge is -2.09. The van der Waals surface area contributed by atoms with Gasteiger partial charge in [-0.15, -0.1) is 11.3 Å². The summed E-state index contributed by atoms with van der Waals surface area (Å²) < 4.78 is 12.3. The van der Waals surface area contributed by atoms with Crippen molar-refractivity contribution in [3.63, 3.8) is 0 Å². The van der Waals surface area contributed by atoms with Gasteiger partial charge in [-0.25, -0.2) is 4.98 Å². The molecule has 6 nitrogen and oxygen atoms in total. The Morgan fingerprint density at radius 2 is 1.91 bits per heavy atom. The molecule has 0 aliphatic carbocycles. The van der Waals surface area contributed by atoms with Crippen molar-refractivity contribution in [1.29, 1.82) is 0 Å². The van der Waals surface area contributed by atoms with Gasteiger partial charge in [0.1, 0.15) is 17.2 Å². The number of nitrogens with one attached hydrogen (secondary N) is 1. The van der Waals surface area contributed by atoms with Crippen molar-refractivity contribution in [3.05, 3.63) is 41.2 Å². The third-order valence-corrected chi connectivity index (χ3v) is 4.19. The monoisotopic (exact) mass is 317 g/mol. The van der Waals surface area contributed by atoms with E-state index in [1.807, 2.05) is 16.7 Å². The number of fused-ring (bicyclic) bond motifs is 1. The zero-order valence-electron chi connectivity index (χ0n) is 12.4. The summed E-state index contributed by atoms with van der Waals surface area (Å²) in [5.74, 6) is 0.943. The maximum absolute atomic E-state index is 12.3. The Morgan fingerprint density at radius 3 is 2.50 bits per heavy atom. The van der Waals surface area contributed by atoms with Crippen LogP contribution in [0, 0.1) is 6.92 Å². The van der Waals surface area contributed by atoms with Crippen LogP contribution < -0.4 is 14.8 Å². The number of thiazole rings is 1. The van der Waals surface area contributed by atoms with Crippen LogP contribution in [0.15, 0.2) is 29.8 Å². The third kappa shape index (κ3) is 2.62. The maximum Gasteiger partial charge on any atom is 0.275 e. The second kappa shape index (κ2) is 5.69. The van der Waals surface area contributed by atoms with Crippen LogP contribution in [-0.2, 0) is 0 Å². The molecule has 0 fully saturated rings. The highest BCUT2D eigenvalue weighted by molar-refractivity contribution is 7.15. The van der Waals surface area contributed by atoms with Gasteiger partial charge < -0.3 is 14.8 Å². The molecular formula is C15H15N3O3S. The number of ether oxygens (including phenoxy) is 2. The van der Waals surface area contributed by atoms with E-state index in [-0.39, 0.29) is 5.91 Å². The molecule has 0 spiro atoms. The first-order chi connectivity index (χ1) is 10.6. The molecule has 3 aromatic rings. The number of rotatable bonds is 4. The SMILES string of the molecule is COc1cc(NC(=O)c2cn3c(C)csc3n2)cc(OC)c1. The minimum absolute atomic E-state index is 0.273. The molecule has 2 heterocycles. The number of benzene rings is 1. The predicted molar refractivity (Wildman–Crippen MR) is 85.3 cm³/mol. The molecule has 1 N–H and O–H groups in total. The number of hydrogen-bond donors (Lipinski definition) is 1. The van der Waals surface area contributed by atoms with Crippen LogP contribution in [0.3, 0.4) is 0 Å². The number of carbonyl (C=O) groups is 1. The molecule has 0 saturated heterocycles. The average molecular weight is 317 g/mol. The van der Waals surface area contributed by atoms with Crippen molar-refractivity contribution in [2.75, 3.05) is 19.5 Å². The van der Waals surface area contributed by atoms with Crippen LogP contribution in [-0.4, -0.2) is 29.5 Å². The quantitative estimate of drug-likeness (QED) is 0.803. The molecule has 0 unspecified atom stereocenters.